The third-order valence-corrected chi connectivity index (χ3v) is 13.2. The SMILES string of the molecule is O=C(CC[PH](c1ccccc1)(c1ccccc1)c1ccccc1)OCCc1nn2cc(-c3ccccc3)nc2s1. The number of rotatable bonds is 10. The van der Waals surface area contributed by atoms with Crippen LogP contribution in [0.2, 0.25) is 0 Å². The summed E-state index contributed by atoms with van der Waals surface area (Å²) >= 11 is 1.53. The summed E-state index contributed by atoms with van der Waals surface area (Å²) in [6.07, 6.45) is 3.60. The van der Waals surface area contributed by atoms with Gasteiger partial charge in [-0.2, -0.15) is 0 Å². The van der Waals surface area contributed by atoms with Gasteiger partial charge in [-0.15, -0.1) is 0 Å². The minimum absolute atomic E-state index is 0.174. The maximum absolute atomic E-state index is 13.1. The Morgan fingerprint density at radius 2 is 1.27 bits per heavy atom. The van der Waals surface area contributed by atoms with Crippen molar-refractivity contribution in [1.82, 2.24) is 14.6 Å². The van der Waals surface area contributed by atoms with Gasteiger partial charge in [0.2, 0.25) is 0 Å². The fourth-order valence-electron chi connectivity index (χ4n) is 5.31. The van der Waals surface area contributed by atoms with Crippen molar-refractivity contribution in [2.75, 3.05) is 12.8 Å². The number of carbonyl (C=O) groups excluding carboxylic acids is 1. The van der Waals surface area contributed by atoms with E-state index in [1.165, 1.54) is 27.3 Å². The fraction of sp³-hybridized carbons (Fsp3) is 0.121. The molecule has 0 amide bonds. The van der Waals surface area contributed by atoms with Crippen LogP contribution in [0.3, 0.4) is 0 Å². The average molecular weight is 564 g/mol. The van der Waals surface area contributed by atoms with Gasteiger partial charge in [-0.3, -0.25) is 0 Å². The van der Waals surface area contributed by atoms with E-state index in [1.807, 2.05) is 59.2 Å². The van der Waals surface area contributed by atoms with Crippen molar-refractivity contribution in [3.8, 4) is 11.3 Å². The van der Waals surface area contributed by atoms with Gasteiger partial charge in [0.1, 0.15) is 0 Å². The van der Waals surface area contributed by atoms with Gasteiger partial charge >= 0.3 is 209 Å². The number of hydrogen-bond acceptors (Lipinski definition) is 5. The molecule has 2 aromatic heterocycles. The van der Waals surface area contributed by atoms with Crippen molar-refractivity contribution in [2.24, 2.45) is 0 Å². The zero-order valence-electron chi connectivity index (χ0n) is 22.0. The Kier molecular flexibility index (Phi) is 7.80. The Hall–Kier alpha value is -4.12. The van der Waals surface area contributed by atoms with Gasteiger partial charge in [0.05, 0.1) is 0 Å². The second-order valence-electron chi connectivity index (χ2n) is 9.69. The summed E-state index contributed by atoms with van der Waals surface area (Å²) in [6.45, 7) is 0.303. The van der Waals surface area contributed by atoms with Gasteiger partial charge in [0, 0.05) is 0 Å². The van der Waals surface area contributed by atoms with Crippen molar-refractivity contribution < 1.29 is 9.53 Å². The van der Waals surface area contributed by atoms with Crippen molar-refractivity contribution in [2.45, 2.75) is 12.8 Å². The topological polar surface area (TPSA) is 56.5 Å². The Labute approximate surface area is 238 Å². The summed E-state index contributed by atoms with van der Waals surface area (Å²) in [7, 11) is -2.46. The zero-order valence-corrected chi connectivity index (χ0v) is 23.8. The molecule has 2 heterocycles. The first-order chi connectivity index (χ1) is 19.7. The number of benzene rings is 4. The molecule has 0 bridgehead atoms. The number of fused-ring (bicyclic) bond motifs is 1. The molecule has 6 aromatic rings. The molecule has 0 atom stereocenters. The van der Waals surface area contributed by atoms with E-state index in [4.69, 9.17) is 9.72 Å². The molecular formula is C33H30N3O2PS. The number of aromatic nitrogens is 3. The molecule has 5 nitrogen and oxygen atoms in total. The Morgan fingerprint density at radius 3 is 1.80 bits per heavy atom. The fourth-order valence-corrected chi connectivity index (χ4v) is 10.9. The molecule has 4 aromatic carbocycles. The molecule has 0 aliphatic rings. The van der Waals surface area contributed by atoms with E-state index in [0.717, 1.165) is 27.4 Å². The summed E-state index contributed by atoms with van der Waals surface area (Å²) in [5.41, 5.74) is 1.97. The molecule has 7 heteroatoms. The Balaban J connectivity index is 1.15. The van der Waals surface area contributed by atoms with Crippen molar-refractivity contribution >= 4 is 45.4 Å². The summed E-state index contributed by atoms with van der Waals surface area (Å²) in [5, 5.41) is 9.43. The molecular weight excluding hydrogens is 533 g/mol. The van der Waals surface area contributed by atoms with Gasteiger partial charge in [-0.05, 0) is 0 Å². The van der Waals surface area contributed by atoms with E-state index < -0.39 is 7.26 Å². The molecule has 40 heavy (non-hydrogen) atoms. The van der Waals surface area contributed by atoms with Crippen LogP contribution < -0.4 is 15.9 Å². The van der Waals surface area contributed by atoms with Crippen molar-refractivity contribution in [3.05, 3.63) is 133 Å². The molecule has 0 saturated heterocycles. The molecule has 0 spiro atoms. The number of nitrogens with zero attached hydrogens (tertiary/aromatic N) is 3. The molecule has 0 aliphatic heterocycles. The van der Waals surface area contributed by atoms with Crippen LogP contribution in [0.25, 0.3) is 16.2 Å². The molecule has 6 rings (SSSR count). The van der Waals surface area contributed by atoms with Crippen LogP contribution in [0.5, 0.6) is 0 Å². The molecule has 200 valence electrons. The Bertz CT molecular complexity index is 1560. The first-order valence-corrected chi connectivity index (χ1v) is 16.5. The standard InChI is InChI=1S/C33H30N3O2PS/c37-32(38-23-21-31-35-36-25-30(34-33(36)40-31)26-13-5-1-6-14-26)22-24-39(27-15-7-2-8-16-27,28-17-9-3-10-18-28)29-19-11-4-12-20-29/h1-20,25,39H,21-24H2. The third kappa shape index (κ3) is 5.46. The maximum atomic E-state index is 13.1. The second kappa shape index (κ2) is 12.0. The molecule has 0 N–H and O–H groups in total. The van der Waals surface area contributed by atoms with Gasteiger partial charge in [-0.25, -0.2) is 0 Å². The minimum atomic E-state index is -2.46. The summed E-state index contributed by atoms with van der Waals surface area (Å²) in [6, 6.07) is 42.0. The molecule has 0 unspecified atom stereocenters. The van der Waals surface area contributed by atoms with E-state index in [2.05, 4.69) is 77.9 Å². The summed E-state index contributed by atoms with van der Waals surface area (Å²) < 4.78 is 7.54. The zero-order chi connectivity index (χ0) is 27.2. The van der Waals surface area contributed by atoms with Crippen LogP contribution >= 0.6 is 18.6 Å². The Morgan fingerprint density at radius 1 is 0.750 bits per heavy atom. The summed E-state index contributed by atoms with van der Waals surface area (Å²) in [5.74, 6) is -0.174. The monoisotopic (exact) mass is 563 g/mol. The number of esters is 1. The van der Waals surface area contributed by atoms with Crippen molar-refractivity contribution in [3.63, 3.8) is 0 Å². The number of carbonyl (C=O) groups is 1. The van der Waals surface area contributed by atoms with Gasteiger partial charge in [0.25, 0.3) is 0 Å². The predicted octanol–water partition coefficient (Wildman–Crippen LogP) is 5.66. The van der Waals surface area contributed by atoms with Crippen LogP contribution in [-0.4, -0.2) is 33.3 Å². The van der Waals surface area contributed by atoms with Gasteiger partial charge in [0.15, 0.2) is 0 Å². The van der Waals surface area contributed by atoms with Gasteiger partial charge in [-0.1, -0.05) is 30.3 Å². The van der Waals surface area contributed by atoms with E-state index in [0.29, 0.717) is 19.4 Å². The molecule has 0 aliphatic carbocycles. The second-order valence-corrected chi connectivity index (χ2v) is 14.8. The first kappa shape index (κ1) is 26.1. The average Bonchev–Trinajstić information content (AvgIpc) is 3.59. The van der Waals surface area contributed by atoms with E-state index in [1.54, 1.807) is 0 Å². The van der Waals surface area contributed by atoms with Crippen LogP contribution in [-0.2, 0) is 16.0 Å². The van der Waals surface area contributed by atoms with Crippen LogP contribution in [0, 0.1) is 0 Å². The van der Waals surface area contributed by atoms with Gasteiger partial charge < -0.3 is 0 Å². The van der Waals surface area contributed by atoms with Crippen molar-refractivity contribution in [1.29, 1.82) is 0 Å². The van der Waals surface area contributed by atoms with Crippen LogP contribution in [0.15, 0.2) is 128 Å². The number of imidazole rings is 1. The van der Waals surface area contributed by atoms with Crippen LogP contribution in [0.1, 0.15) is 11.4 Å². The number of hydrogen-bond donors (Lipinski definition) is 0. The molecule has 0 fully saturated rings. The first-order valence-electron chi connectivity index (χ1n) is 13.4. The molecule has 0 saturated carbocycles. The van der Waals surface area contributed by atoms with E-state index in [9.17, 15) is 4.79 Å². The van der Waals surface area contributed by atoms with E-state index >= 15 is 0 Å². The number of ether oxygens (including phenoxy) is 1. The quantitative estimate of drug-likeness (QED) is 0.159. The third-order valence-electron chi connectivity index (χ3n) is 7.24. The summed E-state index contributed by atoms with van der Waals surface area (Å²) in [4.78, 5) is 18.6. The predicted molar refractivity (Wildman–Crippen MR) is 167 cm³/mol. The molecule has 0 radical (unpaired) electrons. The van der Waals surface area contributed by atoms with Crippen LogP contribution in [0.4, 0.5) is 0 Å². The normalized spacial score (nSPS) is 11.9. The van der Waals surface area contributed by atoms with E-state index in [-0.39, 0.29) is 5.97 Å².